The second-order valence-electron chi connectivity index (χ2n) is 11.8. The Balaban J connectivity index is 1.08. The maximum Gasteiger partial charge on any atom is 0.138 e. The van der Waals surface area contributed by atoms with Crippen molar-refractivity contribution in [2.24, 2.45) is 0 Å². The van der Waals surface area contributed by atoms with Crippen molar-refractivity contribution in [2.45, 2.75) is 63.5 Å². The van der Waals surface area contributed by atoms with Gasteiger partial charge in [0.2, 0.25) is 0 Å². The van der Waals surface area contributed by atoms with Gasteiger partial charge in [0, 0.05) is 50.4 Å². The molecule has 1 unspecified atom stereocenters. The monoisotopic (exact) mass is 571 g/mol. The Morgan fingerprint density at radius 2 is 1.61 bits per heavy atom. The van der Waals surface area contributed by atoms with E-state index in [2.05, 4.69) is 95.3 Å². The smallest absolute Gasteiger partial charge is 0.138 e. The summed E-state index contributed by atoms with van der Waals surface area (Å²) in [5, 5.41) is 4.15. The number of hydrogen-bond acceptors (Lipinski definition) is 4. The lowest BCUT2D eigenvalue weighted by Crippen LogP contribution is -2.40. The van der Waals surface area contributed by atoms with Crippen LogP contribution in [0.25, 0.3) is 5.70 Å². The molecule has 2 fully saturated rings. The molecule has 1 N–H and O–H groups in total. The quantitative estimate of drug-likeness (QED) is 0.224. The summed E-state index contributed by atoms with van der Waals surface area (Å²) >= 11 is 6.69. The number of piperidine rings is 2. The fraction of sp³-hybridized carbons (Fsp3) is 0.444. The number of ether oxygens (including phenoxy) is 1. The zero-order chi connectivity index (χ0) is 28.4. The highest BCUT2D eigenvalue weighted by atomic mass is 35.5. The third-order valence-corrected chi connectivity index (χ3v) is 9.15. The van der Waals surface area contributed by atoms with Crippen LogP contribution in [0.2, 0.25) is 5.02 Å². The van der Waals surface area contributed by atoms with Gasteiger partial charge in [0.25, 0.3) is 0 Å². The maximum absolute atomic E-state index is 6.69. The van der Waals surface area contributed by atoms with Crippen molar-refractivity contribution < 1.29 is 4.74 Å². The van der Waals surface area contributed by atoms with Gasteiger partial charge < -0.3 is 19.9 Å². The summed E-state index contributed by atoms with van der Waals surface area (Å²) in [6.45, 7) is 13.0. The van der Waals surface area contributed by atoms with Crippen molar-refractivity contribution in [3.8, 4) is 5.75 Å². The predicted molar refractivity (Wildman–Crippen MR) is 173 cm³/mol. The minimum Gasteiger partial charge on any atom is -0.489 e. The molecular weight excluding hydrogens is 526 g/mol. The van der Waals surface area contributed by atoms with Crippen molar-refractivity contribution >= 4 is 17.3 Å². The molecule has 218 valence electrons. The molecule has 5 rings (SSSR count). The molecule has 0 radical (unpaired) electrons. The zero-order valence-electron chi connectivity index (χ0n) is 24.6. The molecule has 0 bridgehead atoms. The number of nitrogens with zero attached hydrogens (tertiary/aromatic N) is 2. The molecule has 5 heteroatoms. The molecule has 0 aromatic heterocycles. The average Bonchev–Trinajstić information content (AvgIpc) is 3.01. The average molecular weight is 572 g/mol. The van der Waals surface area contributed by atoms with E-state index in [1.807, 2.05) is 12.1 Å². The molecule has 2 aliphatic heterocycles. The van der Waals surface area contributed by atoms with Gasteiger partial charge in [0.15, 0.2) is 0 Å². The molecule has 0 saturated carbocycles. The fourth-order valence-electron chi connectivity index (χ4n) is 6.32. The van der Waals surface area contributed by atoms with Gasteiger partial charge in [-0.2, -0.15) is 0 Å². The first-order chi connectivity index (χ1) is 20.1. The lowest BCUT2D eigenvalue weighted by Gasteiger charge is -2.35. The van der Waals surface area contributed by atoms with Gasteiger partial charge in [0.05, 0.1) is 5.02 Å². The van der Waals surface area contributed by atoms with E-state index in [4.69, 9.17) is 16.3 Å². The Morgan fingerprint density at radius 1 is 0.927 bits per heavy atom. The van der Waals surface area contributed by atoms with Crippen LogP contribution in [0.4, 0.5) is 0 Å². The summed E-state index contributed by atoms with van der Waals surface area (Å²) in [7, 11) is 0. The number of hydrogen-bond donors (Lipinski definition) is 1. The van der Waals surface area contributed by atoms with E-state index >= 15 is 0 Å². The van der Waals surface area contributed by atoms with Crippen LogP contribution in [-0.4, -0.2) is 61.2 Å². The molecule has 41 heavy (non-hydrogen) atoms. The maximum atomic E-state index is 6.69. The Bertz CT molecular complexity index is 1190. The molecule has 0 spiro atoms. The topological polar surface area (TPSA) is 27.7 Å². The first-order valence-corrected chi connectivity index (χ1v) is 15.9. The Morgan fingerprint density at radius 3 is 2.24 bits per heavy atom. The molecule has 0 amide bonds. The summed E-state index contributed by atoms with van der Waals surface area (Å²) in [6, 6.07) is 28.5. The largest absolute Gasteiger partial charge is 0.489 e. The SMILES string of the molecule is C=C(NCCCN1CCCCC1C)c1ccc(OC2CCN(CC(c3ccccc3)c3ccccc3)CC2)c(Cl)c1. The summed E-state index contributed by atoms with van der Waals surface area (Å²) < 4.78 is 6.40. The third-order valence-electron chi connectivity index (χ3n) is 8.85. The van der Waals surface area contributed by atoms with E-state index in [1.54, 1.807) is 0 Å². The van der Waals surface area contributed by atoms with Gasteiger partial charge >= 0.3 is 0 Å². The molecule has 1 atom stereocenters. The van der Waals surface area contributed by atoms with Crippen molar-refractivity contribution in [1.29, 1.82) is 0 Å². The van der Waals surface area contributed by atoms with Crippen LogP contribution in [0.1, 0.15) is 68.1 Å². The normalized spacial score (nSPS) is 18.9. The predicted octanol–water partition coefficient (Wildman–Crippen LogP) is 7.84. The van der Waals surface area contributed by atoms with Crippen LogP contribution < -0.4 is 10.1 Å². The molecule has 0 aliphatic carbocycles. The third kappa shape index (κ3) is 8.38. The highest BCUT2D eigenvalue weighted by Gasteiger charge is 2.25. The molecule has 2 saturated heterocycles. The van der Waals surface area contributed by atoms with Gasteiger partial charge in [0.1, 0.15) is 11.9 Å². The Hall–Kier alpha value is -2.79. The lowest BCUT2D eigenvalue weighted by atomic mass is 9.90. The number of nitrogens with one attached hydrogen (secondary N) is 1. The van der Waals surface area contributed by atoms with Crippen LogP contribution in [-0.2, 0) is 0 Å². The zero-order valence-corrected chi connectivity index (χ0v) is 25.4. The van der Waals surface area contributed by atoms with Crippen LogP contribution in [0.5, 0.6) is 5.75 Å². The standard InChI is InChI=1S/C36H46ClN3O/c1-28-12-9-10-22-40(28)23-11-21-38-29(2)32-17-18-36(35(37)26-32)41-33-19-24-39(25-20-33)27-34(30-13-5-3-6-14-30)31-15-7-4-8-16-31/h3-8,13-18,26,28,33-34,38H,2,9-12,19-25,27H2,1H3. The minimum atomic E-state index is 0.181. The van der Waals surface area contributed by atoms with E-state index in [1.165, 1.54) is 36.9 Å². The number of rotatable bonds is 12. The molecule has 2 heterocycles. The summed E-state index contributed by atoms with van der Waals surface area (Å²) in [6.07, 6.45) is 7.33. The van der Waals surface area contributed by atoms with Crippen LogP contribution in [0, 0.1) is 0 Å². The van der Waals surface area contributed by atoms with Gasteiger partial charge in [-0.05, 0) is 80.5 Å². The van der Waals surface area contributed by atoms with Crippen LogP contribution in [0.3, 0.4) is 0 Å². The molecule has 3 aromatic rings. The Kier molecular flexibility index (Phi) is 10.8. The molecular formula is C36H46ClN3O. The second-order valence-corrected chi connectivity index (χ2v) is 12.2. The number of halogens is 1. The second kappa shape index (κ2) is 14.9. The van der Waals surface area contributed by atoms with Crippen molar-refractivity contribution in [3.05, 3.63) is 107 Å². The van der Waals surface area contributed by atoms with Crippen LogP contribution >= 0.6 is 11.6 Å². The van der Waals surface area contributed by atoms with Crippen LogP contribution in [0.15, 0.2) is 85.4 Å². The minimum absolute atomic E-state index is 0.181. The summed E-state index contributed by atoms with van der Waals surface area (Å²) in [5.74, 6) is 1.14. The Labute approximate surface area is 252 Å². The summed E-state index contributed by atoms with van der Waals surface area (Å²) in [5.41, 5.74) is 4.69. The van der Waals surface area contributed by atoms with E-state index in [0.29, 0.717) is 17.0 Å². The van der Waals surface area contributed by atoms with Crippen molar-refractivity contribution in [2.75, 3.05) is 39.3 Å². The highest BCUT2D eigenvalue weighted by Crippen LogP contribution is 2.31. The van der Waals surface area contributed by atoms with E-state index in [9.17, 15) is 0 Å². The fourth-order valence-corrected chi connectivity index (χ4v) is 6.54. The molecule has 2 aliphatic rings. The molecule has 4 nitrogen and oxygen atoms in total. The van der Waals surface area contributed by atoms with Crippen molar-refractivity contribution in [3.63, 3.8) is 0 Å². The summed E-state index contributed by atoms with van der Waals surface area (Å²) in [4.78, 5) is 5.20. The molecule has 3 aromatic carbocycles. The first kappa shape index (κ1) is 29.7. The lowest BCUT2D eigenvalue weighted by molar-refractivity contribution is 0.0989. The van der Waals surface area contributed by atoms with Gasteiger partial charge in [-0.15, -0.1) is 0 Å². The van der Waals surface area contributed by atoms with Gasteiger partial charge in [-0.3, -0.25) is 0 Å². The highest BCUT2D eigenvalue weighted by molar-refractivity contribution is 6.32. The van der Waals surface area contributed by atoms with E-state index in [-0.39, 0.29) is 6.10 Å². The van der Waals surface area contributed by atoms with Crippen molar-refractivity contribution in [1.82, 2.24) is 15.1 Å². The van der Waals surface area contributed by atoms with Gasteiger partial charge in [-0.25, -0.2) is 0 Å². The van der Waals surface area contributed by atoms with E-state index < -0.39 is 0 Å². The van der Waals surface area contributed by atoms with E-state index in [0.717, 1.165) is 69.0 Å². The van der Waals surface area contributed by atoms with Gasteiger partial charge in [-0.1, -0.05) is 85.3 Å². The first-order valence-electron chi connectivity index (χ1n) is 15.5. The number of benzene rings is 3. The number of likely N-dealkylation sites (tertiary alicyclic amines) is 2.